The van der Waals surface area contributed by atoms with Gasteiger partial charge in [0.15, 0.2) is 0 Å². The van der Waals surface area contributed by atoms with E-state index >= 15 is 0 Å². The first-order chi connectivity index (χ1) is 11.1. The van der Waals surface area contributed by atoms with Gasteiger partial charge in [-0.25, -0.2) is 0 Å². The van der Waals surface area contributed by atoms with E-state index in [2.05, 4.69) is 26.6 Å². The summed E-state index contributed by atoms with van der Waals surface area (Å²) in [4.78, 5) is 23.5. The van der Waals surface area contributed by atoms with Crippen LogP contribution in [-0.4, -0.2) is 23.3 Å². The first kappa shape index (κ1) is 17.6. The van der Waals surface area contributed by atoms with Crippen molar-refractivity contribution in [1.82, 2.24) is 5.32 Å². The number of halogens is 1. The summed E-state index contributed by atoms with van der Waals surface area (Å²) in [6, 6.07) is 17.1. The maximum atomic E-state index is 11.8. The van der Waals surface area contributed by atoms with Gasteiger partial charge in [0.25, 0.3) is 0 Å². The molecular formula is C17H17BrN2O2S. The van der Waals surface area contributed by atoms with Crippen LogP contribution >= 0.6 is 27.7 Å². The van der Waals surface area contributed by atoms with Gasteiger partial charge in [-0.2, -0.15) is 0 Å². The molecule has 2 aromatic carbocycles. The molecule has 2 amide bonds. The second-order valence-corrected chi connectivity index (χ2v) is 6.71. The quantitative estimate of drug-likeness (QED) is 0.758. The lowest BCUT2D eigenvalue weighted by atomic mass is 10.2. The van der Waals surface area contributed by atoms with E-state index in [1.807, 2.05) is 54.6 Å². The van der Waals surface area contributed by atoms with Gasteiger partial charge in [-0.3, -0.25) is 9.59 Å². The van der Waals surface area contributed by atoms with Gasteiger partial charge in [-0.15, -0.1) is 11.8 Å². The summed E-state index contributed by atoms with van der Waals surface area (Å²) in [5, 5.41) is 5.62. The number of carbonyl (C=O) groups excluding carboxylic acids is 2. The third-order valence-electron chi connectivity index (χ3n) is 2.93. The lowest BCUT2D eigenvalue weighted by molar-refractivity contribution is -0.118. The molecule has 0 fully saturated rings. The van der Waals surface area contributed by atoms with Crippen LogP contribution in [0.3, 0.4) is 0 Å². The zero-order chi connectivity index (χ0) is 16.5. The van der Waals surface area contributed by atoms with Crippen LogP contribution in [0.1, 0.15) is 5.56 Å². The Bertz CT molecular complexity index is 647. The van der Waals surface area contributed by atoms with Gasteiger partial charge in [0.1, 0.15) is 0 Å². The Morgan fingerprint density at radius 2 is 1.57 bits per heavy atom. The Balaban J connectivity index is 1.63. The molecule has 0 aliphatic rings. The smallest absolute Gasteiger partial charge is 0.234 e. The molecule has 0 spiro atoms. The minimum Gasteiger partial charge on any atom is -0.351 e. The monoisotopic (exact) mass is 392 g/mol. The summed E-state index contributed by atoms with van der Waals surface area (Å²) < 4.78 is 0.958. The van der Waals surface area contributed by atoms with Gasteiger partial charge in [-0.05, 0) is 29.8 Å². The molecule has 0 aliphatic carbocycles. The zero-order valence-electron chi connectivity index (χ0n) is 12.4. The number of hydrogen-bond donors (Lipinski definition) is 2. The Labute approximate surface area is 148 Å². The van der Waals surface area contributed by atoms with Crippen LogP contribution in [0.15, 0.2) is 59.1 Å². The van der Waals surface area contributed by atoms with Crippen molar-refractivity contribution in [2.24, 2.45) is 0 Å². The third kappa shape index (κ3) is 6.88. The van der Waals surface area contributed by atoms with Crippen LogP contribution in [0.5, 0.6) is 0 Å². The number of anilines is 1. The maximum absolute atomic E-state index is 11.8. The fourth-order valence-corrected chi connectivity index (χ4v) is 2.73. The number of hydrogen-bond acceptors (Lipinski definition) is 3. The lowest BCUT2D eigenvalue weighted by Gasteiger charge is -2.06. The molecule has 4 nitrogen and oxygen atoms in total. The number of rotatable bonds is 7. The molecule has 2 N–H and O–H groups in total. The van der Waals surface area contributed by atoms with E-state index in [0.29, 0.717) is 6.54 Å². The maximum Gasteiger partial charge on any atom is 0.234 e. The van der Waals surface area contributed by atoms with Crippen LogP contribution in [0, 0.1) is 0 Å². The standard InChI is InChI=1S/C17H17BrN2O2S/c18-14-6-8-15(9-7-14)20-17(22)12-23-11-16(21)19-10-13-4-2-1-3-5-13/h1-9H,10-12H2,(H,19,21)(H,20,22). The first-order valence-corrected chi connectivity index (χ1v) is 9.02. The summed E-state index contributed by atoms with van der Waals surface area (Å²) in [5.74, 6) is 0.318. The van der Waals surface area contributed by atoms with Crippen molar-refractivity contribution in [3.63, 3.8) is 0 Å². The molecule has 2 rings (SSSR count). The van der Waals surface area contributed by atoms with Crippen molar-refractivity contribution in [1.29, 1.82) is 0 Å². The Morgan fingerprint density at radius 1 is 0.913 bits per heavy atom. The van der Waals surface area contributed by atoms with E-state index in [-0.39, 0.29) is 23.3 Å². The van der Waals surface area contributed by atoms with Gasteiger partial charge in [0.2, 0.25) is 11.8 Å². The van der Waals surface area contributed by atoms with Crippen molar-refractivity contribution < 1.29 is 9.59 Å². The van der Waals surface area contributed by atoms with E-state index < -0.39 is 0 Å². The van der Waals surface area contributed by atoms with Crippen molar-refractivity contribution in [2.45, 2.75) is 6.54 Å². The average Bonchev–Trinajstić information content (AvgIpc) is 2.56. The highest BCUT2D eigenvalue weighted by atomic mass is 79.9. The summed E-state index contributed by atoms with van der Waals surface area (Å²) in [6.45, 7) is 0.505. The van der Waals surface area contributed by atoms with Crippen LogP contribution in [0.4, 0.5) is 5.69 Å². The topological polar surface area (TPSA) is 58.2 Å². The highest BCUT2D eigenvalue weighted by Crippen LogP contribution is 2.14. The molecule has 120 valence electrons. The minimum absolute atomic E-state index is 0.0738. The van der Waals surface area contributed by atoms with Gasteiger partial charge in [-0.1, -0.05) is 46.3 Å². The molecule has 0 radical (unpaired) electrons. The SMILES string of the molecule is O=C(CSCC(=O)Nc1ccc(Br)cc1)NCc1ccccc1. The molecule has 0 saturated carbocycles. The summed E-state index contributed by atoms with van der Waals surface area (Å²) >= 11 is 4.63. The second-order valence-electron chi connectivity index (χ2n) is 4.81. The number of nitrogens with one attached hydrogen (secondary N) is 2. The summed E-state index contributed by atoms with van der Waals surface area (Å²) in [5.41, 5.74) is 1.80. The van der Waals surface area contributed by atoms with Crippen molar-refractivity contribution >= 4 is 45.2 Å². The van der Waals surface area contributed by atoms with Gasteiger partial charge >= 0.3 is 0 Å². The lowest BCUT2D eigenvalue weighted by Crippen LogP contribution is -2.25. The Morgan fingerprint density at radius 3 is 2.26 bits per heavy atom. The molecule has 2 aromatic rings. The molecule has 0 bridgehead atoms. The van der Waals surface area contributed by atoms with E-state index in [1.165, 1.54) is 11.8 Å². The van der Waals surface area contributed by atoms with Crippen LogP contribution < -0.4 is 10.6 Å². The van der Waals surface area contributed by atoms with E-state index in [1.54, 1.807) is 0 Å². The Hall–Kier alpha value is -1.79. The molecule has 0 heterocycles. The van der Waals surface area contributed by atoms with E-state index in [4.69, 9.17) is 0 Å². The van der Waals surface area contributed by atoms with Gasteiger partial charge in [0.05, 0.1) is 11.5 Å². The van der Waals surface area contributed by atoms with Crippen molar-refractivity contribution in [3.05, 3.63) is 64.6 Å². The highest BCUT2D eigenvalue weighted by Gasteiger charge is 2.06. The molecular weight excluding hydrogens is 376 g/mol. The van der Waals surface area contributed by atoms with Crippen LogP contribution in [-0.2, 0) is 16.1 Å². The van der Waals surface area contributed by atoms with Gasteiger partial charge in [0, 0.05) is 16.7 Å². The molecule has 23 heavy (non-hydrogen) atoms. The predicted molar refractivity (Wildman–Crippen MR) is 98.4 cm³/mol. The minimum atomic E-state index is -0.117. The number of benzene rings is 2. The number of amides is 2. The summed E-state index contributed by atoms with van der Waals surface area (Å²) in [7, 11) is 0. The second kappa shape index (κ2) is 9.37. The number of carbonyl (C=O) groups is 2. The average molecular weight is 393 g/mol. The molecule has 0 aliphatic heterocycles. The molecule has 0 aromatic heterocycles. The fraction of sp³-hybridized carbons (Fsp3) is 0.176. The molecule has 0 atom stereocenters. The largest absolute Gasteiger partial charge is 0.351 e. The predicted octanol–water partition coefficient (Wildman–Crippen LogP) is 3.44. The van der Waals surface area contributed by atoms with E-state index in [0.717, 1.165) is 15.7 Å². The third-order valence-corrected chi connectivity index (χ3v) is 4.39. The van der Waals surface area contributed by atoms with Crippen molar-refractivity contribution in [2.75, 3.05) is 16.8 Å². The normalized spacial score (nSPS) is 10.1. The molecule has 6 heteroatoms. The van der Waals surface area contributed by atoms with E-state index in [9.17, 15) is 9.59 Å². The van der Waals surface area contributed by atoms with Crippen LogP contribution in [0.2, 0.25) is 0 Å². The summed E-state index contributed by atoms with van der Waals surface area (Å²) in [6.07, 6.45) is 0. The Kier molecular flexibility index (Phi) is 7.16. The first-order valence-electron chi connectivity index (χ1n) is 7.07. The van der Waals surface area contributed by atoms with Crippen molar-refractivity contribution in [3.8, 4) is 0 Å². The zero-order valence-corrected chi connectivity index (χ0v) is 14.8. The molecule has 0 saturated heterocycles. The molecule has 0 unspecified atom stereocenters. The highest BCUT2D eigenvalue weighted by molar-refractivity contribution is 9.10. The van der Waals surface area contributed by atoms with Gasteiger partial charge < -0.3 is 10.6 Å². The van der Waals surface area contributed by atoms with Crippen LogP contribution in [0.25, 0.3) is 0 Å². The number of thioether (sulfide) groups is 1. The fourth-order valence-electron chi connectivity index (χ4n) is 1.81.